The van der Waals surface area contributed by atoms with E-state index < -0.39 is 42.7 Å². The fraction of sp³-hybridized carbons (Fsp3) is 0.386. The summed E-state index contributed by atoms with van der Waals surface area (Å²) in [5.74, 6) is 0.917. The van der Waals surface area contributed by atoms with E-state index >= 15 is 0 Å². The van der Waals surface area contributed by atoms with Crippen molar-refractivity contribution in [2.45, 2.75) is 147 Å². The molecule has 0 unspecified atom stereocenters. The normalized spacial score (nSPS) is 16.4. The molecule has 0 saturated carbocycles. The van der Waals surface area contributed by atoms with Crippen LogP contribution in [0.1, 0.15) is 115 Å². The Morgan fingerprint density at radius 3 is 1.55 bits per heavy atom. The molecule has 10 nitrogen and oxygen atoms in total. The van der Waals surface area contributed by atoms with Crippen LogP contribution < -0.4 is 20.7 Å². The van der Waals surface area contributed by atoms with E-state index in [0.717, 1.165) is 65.9 Å². The highest BCUT2D eigenvalue weighted by Gasteiger charge is 2.55. The number of hydrogen-bond acceptors (Lipinski definition) is 10. The second kappa shape index (κ2) is 19.3. The first-order valence-corrected chi connectivity index (χ1v) is 27.0. The molecule has 10 rings (SSSR count). The molecule has 2 aromatic heterocycles. The third-order valence-corrected chi connectivity index (χ3v) is 15.0. The van der Waals surface area contributed by atoms with Crippen LogP contribution >= 0.6 is 11.8 Å². The molecule has 2 fully saturated rings. The lowest BCUT2D eigenvalue weighted by Crippen LogP contribution is -2.62. The molecule has 17 heteroatoms. The lowest BCUT2D eigenvalue weighted by molar-refractivity contribution is 0.250. The number of rotatable bonds is 7. The molecule has 3 aliphatic rings. The van der Waals surface area contributed by atoms with Gasteiger partial charge in [-0.05, 0) is 99.8 Å². The summed E-state index contributed by atoms with van der Waals surface area (Å²) in [4.78, 5) is 12.0. The number of para-hydroxylation sites is 3. The smallest absolute Gasteiger partial charge is 0.452 e. The van der Waals surface area contributed by atoms with Gasteiger partial charge in [-0.1, -0.05) is 176 Å². The average molecular weight is 1000 g/mol. The van der Waals surface area contributed by atoms with Crippen molar-refractivity contribution in [1.29, 1.82) is 0 Å². The molecule has 2 saturated heterocycles. The third-order valence-electron chi connectivity index (χ3n) is 14.0. The van der Waals surface area contributed by atoms with Crippen LogP contribution in [-0.2, 0) is 32.8 Å². The van der Waals surface area contributed by atoms with Crippen molar-refractivity contribution in [1.82, 2.24) is 9.55 Å². The molecule has 0 amide bonds. The van der Waals surface area contributed by atoms with Gasteiger partial charge in [0.05, 0.1) is 22.4 Å². The number of hydrogen-bond donors (Lipinski definition) is 0. The highest BCUT2D eigenvalue weighted by molar-refractivity contribution is 7.99. The number of anilines is 4. The predicted octanol–water partition coefficient (Wildman–Crippen LogP) is 13.9. The molecule has 0 bridgehead atoms. The molecular weight excluding hydrogens is 934 g/mol. The van der Waals surface area contributed by atoms with Crippen LogP contribution in [0.5, 0.6) is 0 Å². The van der Waals surface area contributed by atoms with Crippen LogP contribution in [0.25, 0.3) is 27.6 Å². The summed E-state index contributed by atoms with van der Waals surface area (Å²) in [7, 11) is -3.74. The van der Waals surface area contributed by atoms with Crippen molar-refractivity contribution in [3.63, 3.8) is 0 Å². The van der Waals surface area contributed by atoms with Crippen molar-refractivity contribution in [2.75, 3.05) is 16.5 Å². The molecule has 0 N–H and O–H groups in total. The Hall–Kier alpha value is -4.85. The highest BCUT2D eigenvalue weighted by Crippen LogP contribution is 2.47. The Morgan fingerprint density at radius 2 is 1.00 bits per heavy atom. The molecule has 0 radical (unpaired) electrons. The number of nitrogens with zero attached hydrogens (tertiary/aromatic N) is 4. The maximum absolute atomic E-state index is 6.98. The zero-order valence-electron chi connectivity index (χ0n) is 46.4. The number of aromatic nitrogens is 2. The lowest BCUT2D eigenvalue weighted by atomic mass is 9.49. The summed E-state index contributed by atoms with van der Waals surface area (Å²) < 4.78 is 43.5. The van der Waals surface area contributed by atoms with Crippen LogP contribution in [0.3, 0.4) is 0 Å². The number of aryl methyl sites for hydroxylation is 1. The van der Waals surface area contributed by atoms with Gasteiger partial charge in [-0.25, -0.2) is 4.98 Å². The molecule has 5 heterocycles. The summed E-state index contributed by atoms with van der Waals surface area (Å²) in [5.41, 5.74) is 10.4. The number of pyridine rings is 1. The molecule has 5 aromatic carbocycles. The molecule has 0 atom stereocenters. The van der Waals surface area contributed by atoms with Gasteiger partial charge in [-0.3, -0.25) is 4.57 Å². The Labute approximate surface area is 446 Å². The highest BCUT2D eigenvalue weighted by atomic mass is 32.2. The van der Waals surface area contributed by atoms with E-state index in [1.54, 1.807) is 11.8 Å². The van der Waals surface area contributed by atoms with Gasteiger partial charge >= 0.3 is 42.7 Å². The summed E-state index contributed by atoms with van der Waals surface area (Å²) in [6, 6.07) is 41.7. The van der Waals surface area contributed by atoms with E-state index in [1.807, 2.05) is 6.20 Å². The second-order valence-electron chi connectivity index (χ2n) is 25.8. The van der Waals surface area contributed by atoms with E-state index in [2.05, 4.69) is 240 Å². The van der Waals surface area contributed by atoms with E-state index in [0.29, 0.717) is 6.67 Å². The van der Waals surface area contributed by atoms with Gasteiger partial charge in [0.15, 0.2) is 0 Å². The van der Waals surface area contributed by atoms with E-state index in [9.17, 15) is 0 Å². The average Bonchev–Trinajstić information content (AvgIpc) is 3.88. The fourth-order valence-electron chi connectivity index (χ4n) is 10.0. The van der Waals surface area contributed by atoms with Crippen LogP contribution in [0.4, 0.5) is 22.7 Å². The minimum atomic E-state index is -0.780. The summed E-state index contributed by atoms with van der Waals surface area (Å²) in [5, 5.41) is 1.03. The Bertz CT molecular complexity index is 3120. The number of benzene rings is 5. The van der Waals surface area contributed by atoms with Crippen LogP contribution in [0.15, 0.2) is 131 Å². The maximum Gasteiger partial charge on any atom is 0.468 e. The van der Waals surface area contributed by atoms with Crippen LogP contribution in [0.2, 0.25) is 21.3 Å². The minimum Gasteiger partial charge on any atom is -0.452 e. The zero-order valence-corrected chi connectivity index (χ0v) is 47.2. The fourth-order valence-corrected chi connectivity index (χ4v) is 10.9. The quantitative estimate of drug-likeness (QED) is 0.144. The molecule has 0 aliphatic carbocycles. The molecule has 0 spiro atoms. The van der Waals surface area contributed by atoms with E-state index in [-0.39, 0.29) is 26.7 Å². The van der Waals surface area contributed by atoms with Gasteiger partial charge in [-0.2, -0.15) is 0 Å². The van der Waals surface area contributed by atoms with Crippen molar-refractivity contribution in [2.24, 2.45) is 0 Å². The van der Waals surface area contributed by atoms with Crippen molar-refractivity contribution in [3.8, 4) is 5.82 Å². The minimum absolute atomic E-state index is 0.0156. The topological polar surface area (TPSA) is 79.7 Å². The summed E-state index contributed by atoms with van der Waals surface area (Å²) in [6.07, 6.45) is 1.94. The standard InChI is InChI=1S/C57H70B6N4O6S/c1-38-32-45(58-68-60(54(5,6)7)72-61(69-58)55(8,9)10)52(46(33-38)59-70-62(56(11,12)13)73-63(71-59)57(14,15)16)66-37-65(48-26-19-20-27-49(48)66)40-22-21-23-41(35-40)74-42-28-29-44-43-24-17-18-25-47(43)67(50(44)36-42)51-34-39(30-31-64-51)53(2,3)4/h17-36H,37H2,1-16H3. The molecule has 3 aliphatic heterocycles. The van der Waals surface area contributed by atoms with Gasteiger partial charge in [0.25, 0.3) is 0 Å². The van der Waals surface area contributed by atoms with Gasteiger partial charge < -0.3 is 37.2 Å². The number of fused-ring (bicyclic) bond motifs is 4. The summed E-state index contributed by atoms with van der Waals surface area (Å²) >= 11 is 1.76. The molecule has 7 aromatic rings. The van der Waals surface area contributed by atoms with Gasteiger partial charge in [0, 0.05) is 49.1 Å². The molecule has 74 heavy (non-hydrogen) atoms. The first kappa shape index (κ1) is 52.6. The monoisotopic (exact) mass is 1000 g/mol. The van der Waals surface area contributed by atoms with Gasteiger partial charge in [0.2, 0.25) is 0 Å². The SMILES string of the molecule is Cc1cc(B2OB(C(C)(C)C)OB(C(C)(C)C)O2)c(N2CN(c3cccc(Sc4ccc5c6ccccc6n(-c6cc(C(C)(C)C)ccn6)c5c4)c3)c3ccccc32)c(B2OB(C(C)(C)C)OB(C(C)(C)C)O2)c1. The molecular formula is C57H70B6N4O6S. The van der Waals surface area contributed by atoms with E-state index in [1.165, 1.54) is 16.3 Å². The van der Waals surface area contributed by atoms with Crippen molar-refractivity contribution < 1.29 is 27.4 Å². The van der Waals surface area contributed by atoms with Gasteiger partial charge in [-0.15, -0.1) is 0 Å². The zero-order chi connectivity index (χ0) is 52.9. The first-order chi connectivity index (χ1) is 34.7. The summed E-state index contributed by atoms with van der Waals surface area (Å²) in [6.45, 7) is 35.1. The molecule has 378 valence electrons. The van der Waals surface area contributed by atoms with Crippen molar-refractivity contribution in [3.05, 3.63) is 133 Å². The Kier molecular flexibility index (Phi) is 13.7. The van der Waals surface area contributed by atoms with Crippen LogP contribution in [-0.4, -0.2) is 58.9 Å². The van der Waals surface area contributed by atoms with Crippen molar-refractivity contribution >= 4 is 110 Å². The Balaban J connectivity index is 1.06. The first-order valence-electron chi connectivity index (χ1n) is 26.2. The largest absolute Gasteiger partial charge is 0.468 e. The van der Waals surface area contributed by atoms with Crippen LogP contribution in [0, 0.1) is 6.92 Å². The maximum atomic E-state index is 6.98. The predicted molar refractivity (Wildman–Crippen MR) is 314 cm³/mol. The Morgan fingerprint density at radius 1 is 0.486 bits per heavy atom. The van der Waals surface area contributed by atoms with E-state index in [4.69, 9.17) is 32.4 Å². The second-order valence-corrected chi connectivity index (χ2v) is 27.0. The third kappa shape index (κ3) is 10.4. The lowest BCUT2D eigenvalue weighted by Gasteiger charge is -2.43. The van der Waals surface area contributed by atoms with Gasteiger partial charge in [0.1, 0.15) is 12.5 Å².